The van der Waals surface area contributed by atoms with Crippen LogP contribution >= 0.6 is 11.6 Å². The van der Waals surface area contributed by atoms with Gasteiger partial charge in [0.2, 0.25) is 0 Å². The molecule has 0 saturated carbocycles. The lowest BCUT2D eigenvalue weighted by atomic mass is 10.0. The normalized spacial score (nSPS) is 15.4. The summed E-state index contributed by atoms with van der Waals surface area (Å²) in [6.07, 6.45) is 3.53. The summed E-state index contributed by atoms with van der Waals surface area (Å²) in [4.78, 5) is 25.1. The predicted octanol–water partition coefficient (Wildman–Crippen LogP) is 2.00. The standard InChI is InChI=1S/C18H24ClN7O/c1-25-9-7-14(8-10-25)26(2)17-15(20)16(21-11-22-17)23-24-18(27)12-3-5-13(19)6-4-12/h3-6,11,14H,7-10,20H2,1-2H3,(H,24,27)(H,21,22,23). The van der Waals surface area contributed by atoms with E-state index in [0.717, 1.165) is 25.9 Å². The van der Waals surface area contributed by atoms with Gasteiger partial charge in [-0.2, -0.15) is 0 Å². The average molecular weight is 390 g/mol. The highest BCUT2D eigenvalue weighted by molar-refractivity contribution is 6.30. The van der Waals surface area contributed by atoms with Crippen LogP contribution in [0, 0.1) is 0 Å². The minimum absolute atomic E-state index is 0.310. The van der Waals surface area contributed by atoms with Crippen molar-refractivity contribution < 1.29 is 4.79 Å². The molecule has 0 aliphatic carbocycles. The third-order valence-electron chi connectivity index (χ3n) is 4.83. The van der Waals surface area contributed by atoms with Crippen molar-refractivity contribution >= 4 is 34.8 Å². The zero-order valence-electron chi connectivity index (χ0n) is 15.4. The molecular formula is C18H24ClN7O. The van der Waals surface area contributed by atoms with E-state index in [0.29, 0.717) is 34.0 Å². The first-order valence-electron chi connectivity index (χ1n) is 8.79. The molecule has 1 amide bonds. The fourth-order valence-electron chi connectivity index (χ4n) is 3.11. The van der Waals surface area contributed by atoms with Crippen LogP contribution < -0.4 is 21.5 Å². The Morgan fingerprint density at radius 1 is 1.26 bits per heavy atom. The summed E-state index contributed by atoms with van der Waals surface area (Å²) in [6, 6.07) is 6.97. The lowest BCUT2D eigenvalue weighted by Gasteiger charge is -2.36. The zero-order chi connectivity index (χ0) is 19.4. The molecule has 3 rings (SSSR count). The molecule has 2 aromatic rings. The second-order valence-electron chi connectivity index (χ2n) is 6.69. The second kappa shape index (κ2) is 8.41. The third kappa shape index (κ3) is 4.58. The van der Waals surface area contributed by atoms with Gasteiger partial charge in [-0.25, -0.2) is 9.97 Å². The van der Waals surface area contributed by atoms with Crippen LogP contribution in [0.3, 0.4) is 0 Å². The maximum absolute atomic E-state index is 12.2. The Kier molecular flexibility index (Phi) is 5.98. The van der Waals surface area contributed by atoms with Gasteiger partial charge in [0.1, 0.15) is 12.0 Å². The summed E-state index contributed by atoms with van der Waals surface area (Å²) in [5, 5.41) is 0.570. The number of nitrogens with two attached hydrogens (primary N) is 1. The Bertz CT molecular complexity index is 791. The van der Waals surface area contributed by atoms with Crippen molar-refractivity contribution in [2.24, 2.45) is 0 Å². The van der Waals surface area contributed by atoms with Gasteiger partial charge >= 0.3 is 0 Å². The van der Waals surface area contributed by atoms with Crippen LogP contribution in [0.25, 0.3) is 0 Å². The monoisotopic (exact) mass is 389 g/mol. The van der Waals surface area contributed by atoms with Gasteiger partial charge in [0.25, 0.3) is 5.91 Å². The van der Waals surface area contributed by atoms with E-state index in [4.69, 9.17) is 17.3 Å². The van der Waals surface area contributed by atoms with Gasteiger partial charge in [-0.15, -0.1) is 0 Å². The average Bonchev–Trinajstić information content (AvgIpc) is 2.67. The number of carbonyl (C=O) groups excluding carboxylic acids is 1. The van der Waals surface area contributed by atoms with E-state index in [1.54, 1.807) is 24.3 Å². The molecule has 1 aliphatic heterocycles. The van der Waals surface area contributed by atoms with Crippen molar-refractivity contribution in [1.82, 2.24) is 20.3 Å². The Hall–Kier alpha value is -2.58. The number of piperidine rings is 1. The number of benzene rings is 1. The van der Waals surface area contributed by atoms with Gasteiger partial charge in [0.15, 0.2) is 11.6 Å². The SMILES string of the molecule is CN1CCC(N(C)c2ncnc(NNC(=O)c3ccc(Cl)cc3)c2N)CC1. The molecule has 9 heteroatoms. The minimum atomic E-state index is -0.310. The highest BCUT2D eigenvalue weighted by Gasteiger charge is 2.24. The molecule has 1 fully saturated rings. The van der Waals surface area contributed by atoms with E-state index in [2.05, 4.69) is 37.7 Å². The number of carbonyl (C=O) groups is 1. The number of likely N-dealkylation sites (tertiary alicyclic amines) is 1. The molecule has 0 atom stereocenters. The van der Waals surface area contributed by atoms with E-state index in [-0.39, 0.29) is 5.91 Å². The lowest BCUT2D eigenvalue weighted by molar-refractivity contribution is 0.0962. The minimum Gasteiger partial charge on any atom is -0.393 e. The number of nitrogens with zero attached hydrogens (tertiary/aromatic N) is 4. The number of anilines is 3. The van der Waals surface area contributed by atoms with E-state index in [1.807, 2.05) is 7.05 Å². The fraction of sp³-hybridized carbons (Fsp3) is 0.389. The summed E-state index contributed by atoms with van der Waals surface area (Å²) < 4.78 is 0. The predicted molar refractivity (Wildman–Crippen MR) is 108 cm³/mol. The summed E-state index contributed by atoms with van der Waals surface area (Å²) in [6.45, 7) is 2.09. The number of amides is 1. The maximum Gasteiger partial charge on any atom is 0.269 e. The Morgan fingerprint density at radius 3 is 2.59 bits per heavy atom. The molecule has 1 aromatic heterocycles. The molecule has 1 saturated heterocycles. The number of hydrazine groups is 1. The van der Waals surface area contributed by atoms with Gasteiger partial charge in [-0.05, 0) is 57.2 Å². The quantitative estimate of drug-likeness (QED) is 0.672. The van der Waals surface area contributed by atoms with Gasteiger partial charge < -0.3 is 15.5 Å². The second-order valence-corrected chi connectivity index (χ2v) is 7.13. The maximum atomic E-state index is 12.2. The van der Waals surface area contributed by atoms with Crippen LogP contribution in [-0.4, -0.2) is 54.0 Å². The molecule has 0 bridgehead atoms. The Labute approximate surface area is 163 Å². The number of nitrogens with one attached hydrogen (secondary N) is 2. The van der Waals surface area contributed by atoms with E-state index in [9.17, 15) is 4.79 Å². The van der Waals surface area contributed by atoms with Crippen molar-refractivity contribution in [2.75, 3.05) is 43.2 Å². The van der Waals surface area contributed by atoms with E-state index < -0.39 is 0 Å². The summed E-state index contributed by atoms with van der Waals surface area (Å²) in [7, 11) is 4.12. The van der Waals surface area contributed by atoms with Crippen LogP contribution in [0.2, 0.25) is 5.02 Å². The number of halogens is 1. The molecular weight excluding hydrogens is 366 g/mol. The molecule has 2 heterocycles. The van der Waals surface area contributed by atoms with Crippen molar-refractivity contribution in [3.8, 4) is 0 Å². The van der Waals surface area contributed by atoms with E-state index >= 15 is 0 Å². The van der Waals surface area contributed by atoms with E-state index in [1.165, 1.54) is 6.33 Å². The van der Waals surface area contributed by atoms with Gasteiger partial charge in [0, 0.05) is 23.7 Å². The number of rotatable bonds is 5. The number of aromatic nitrogens is 2. The topological polar surface area (TPSA) is 99.4 Å². The third-order valence-corrected chi connectivity index (χ3v) is 5.09. The molecule has 0 unspecified atom stereocenters. The van der Waals surface area contributed by atoms with Crippen molar-refractivity contribution in [2.45, 2.75) is 18.9 Å². The number of hydrogen-bond acceptors (Lipinski definition) is 7. The first kappa shape index (κ1) is 19.2. The summed E-state index contributed by atoms with van der Waals surface area (Å²) >= 11 is 5.84. The van der Waals surface area contributed by atoms with Crippen molar-refractivity contribution in [3.63, 3.8) is 0 Å². The van der Waals surface area contributed by atoms with Gasteiger partial charge in [0.05, 0.1) is 0 Å². The zero-order valence-corrected chi connectivity index (χ0v) is 16.2. The molecule has 1 aromatic carbocycles. The van der Waals surface area contributed by atoms with Gasteiger partial charge in [-0.1, -0.05) is 11.6 Å². The number of hydrogen-bond donors (Lipinski definition) is 3. The smallest absolute Gasteiger partial charge is 0.269 e. The fourth-order valence-corrected chi connectivity index (χ4v) is 3.24. The largest absolute Gasteiger partial charge is 0.393 e. The highest BCUT2D eigenvalue weighted by atomic mass is 35.5. The summed E-state index contributed by atoms with van der Waals surface area (Å²) in [5.41, 5.74) is 12.5. The Balaban J connectivity index is 1.67. The van der Waals surface area contributed by atoms with Gasteiger partial charge in [-0.3, -0.25) is 15.6 Å². The first-order valence-corrected chi connectivity index (χ1v) is 9.17. The summed E-state index contributed by atoms with van der Waals surface area (Å²) in [5.74, 6) is 0.708. The molecule has 27 heavy (non-hydrogen) atoms. The number of nitrogen functional groups attached to an aromatic ring is 1. The molecule has 8 nitrogen and oxygen atoms in total. The molecule has 144 valence electrons. The lowest BCUT2D eigenvalue weighted by Crippen LogP contribution is -2.42. The molecule has 0 radical (unpaired) electrons. The molecule has 0 spiro atoms. The van der Waals surface area contributed by atoms with Crippen LogP contribution in [0.5, 0.6) is 0 Å². The molecule has 4 N–H and O–H groups in total. The van der Waals surface area contributed by atoms with Crippen molar-refractivity contribution in [3.05, 3.63) is 41.2 Å². The van der Waals surface area contributed by atoms with Crippen molar-refractivity contribution in [1.29, 1.82) is 0 Å². The van der Waals surface area contributed by atoms with Crippen LogP contribution in [-0.2, 0) is 0 Å². The Morgan fingerprint density at radius 2 is 1.93 bits per heavy atom. The highest BCUT2D eigenvalue weighted by Crippen LogP contribution is 2.28. The molecule has 1 aliphatic rings. The first-order chi connectivity index (χ1) is 13.0. The van der Waals surface area contributed by atoms with Crippen LogP contribution in [0.15, 0.2) is 30.6 Å². The van der Waals surface area contributed by atoms with Crippen LogP contribution in [0.1, 0.15) is 23.2 Å². The van der Waals surface area contributed by atoms with Crippen LogP contribution in [0.4, 0.5) is 17.3 Å².